The van der Waals surface area contributed by atoms with Gasteiger partial charge in [-0.15, -0.1) is 0 Å². The number of imide groups is 1. The second kappa shape index (κ2) is 7.32. The zero-order chi connectivity index (χ0) is 21.9. The lowest BCUT2D eigenvalue weighted by molar-refractivity contribution is -0.145. The Morgan fingerprint density at radius 3 is 1.97 bits per heavy atom. The first-order valence-electron chi connectivity index (χ1n) is 11.6. The van der Waals surface area contributed by atoms with Gasteiger partial charge < -0.3 is 4.74 Å². The monoisotopic (exact) mass is 421 g/mol. The number of hydrogen-bond acceptors (Lipinski definition) is 4. The summed E-state index contributed by atoms with van der Waals surface area (Å²) in [6.45, 7) is 6.45. The van der Waals surface area contributed by atoms with E-state index in [9.17, 15) is 14.4 Å². The van der Waals surface area contributed by atoms with E-state index in [2.05, 4.69) is 32.9 Å². The van der Waals surface area contributed by atoms with Crippen molar-refractivity contribution in [1.82, 2.24) is 4.90 Å². The van der Waals surface area contributed by atoms with Gasteiger partial charge in [0, 0.05) is 6.04 Å². The average molecular weight is 422 g/mol. The minimum atomic E-state index is -0.208. The van der Waals surface area contributed by atoms with Gasteiger partial charge in [0.05, 0.1) is 17.8 Å². The Hall–Kier alpha value is -2.43. The standard InChI is InChI=1S/C26H31NO4/c1-26(2,3)18-8-12-20(13-9-18)31-25(30)15-6-10-19(11-7-15)27-23(28)21-16-4-5-17(14-16)22(21)24(27)29/h4-5,8-9,12-13,15-17,19,21-22H,6-7,10-11,14H2,1-3H3/t15?,16-,17-,19?,21+,22+/m0/s1. The molecule has 0 spiro atoms. The van der Waals surface area contributed by atoms with E-state index in [0.29, 0.717) is 31.4 Å². The maximum atomic E-state index is 13.0. The highest BCUT2D eigenvalue weighted by Crippen LogP contribution is 2.53. The van der Waals surface area contributed by atoms with E-state index in [1.54, 1.807) is 4.90 Å². The predicted octanol–water partition coefficient (Wildman–Crippen LogP) is 4.26. The molecule has 31 heavy (non-hydrogen) atoms. The third-order valence-corrected chi connectivity index (χ3v) is 7.84. The molecule has 1 aromatic carbocycles. The van der Waals surface area contributed by atoms with Crippen LogP contribution in [-0.4, -0.2) is 28.7 Å². The number of amides is 2. The zero-order valence-corrected chi connectivity index (χ0v) is 18.5. The molecule has 4 aliphatic rings. The summed E-state index contributed by atoms with van der Waals surface area (Å²) < 4.78 is 5.63. The highest BCUT2D eigenvalue weighted by molar-refractivity contribution is 6.06. The fourth-order valence-corrected chi connectivity index (χ4v) is 6.08. The fourth-order valence-electron chi connectivity index (χ4n) is 6.08. The quantitative estimate of drug-likeness (QED) is 0.317. The fraction of sp³-hybridized carbons (Fsp3) is 0.577. The molecule has 1 heterocycles. The van der Waals surface area contributed by atoms with Gasteiger partial charge in [-0.3, -0.25) is 19.3 Å². The summed E-state index contributed by atoms with van der Waals surface area (Å²) in [5.41, 5.74) is 1.25. The second-order valence-electron chi connectivity index (χ2n) is 10.7. The topological polar surface area (TPSA) is 63.7 Å². The summed E-state index contributed by atoms with van der Waals surface area (Å²) in [6, 6.07) is 7.64. The summed E-state index contributed by atoms with van der Waals surface area (Å²) in [5.74, 6) is 0.445. The van der Waals surface area contributed by atoms with Gasteiger partial charge in [0.25, 0.3) is 0 Å². The van der Waals surface area contributed by atoms with Crippen LogP contribution in [-0.2, 0) is 19.8 Å². The minimum absolute atomic E-state index is 0.0248. The first-order chi connectivity index (χ1) is 14.7. The van der Waals surface area contributed by atoms with Crippen LogP contribution in [0.15, 0.2) is 36.4 Å². The van der Waals surface area contributed by atoms with Crippen molar-refractivity contribution >= 4 is 17.8 Å². The Morgan fingerprint density at radius 1 is 0.903 bits per heavy atom. The lowest BCUT2D eigenvalue weighted by atomic mass is 9.85. The number of rotatable bonds is 3. The molecule has 0 unspecified atom stereocenters. The van der Waals surface area contributed by atoms with Gasteiger partial charge in [0.2, 0.25) is 11.8 Å². The molecule has 164 valence electrons. The SMILES string of the molecule is CC(C)(C)c1ccc(OC(=O)C2CCC(N3C(=O)[C@H]4[C@H](C3=O)[C@H]3C=C[C@H]4C3)CC2)cc1. The summed E-state index contributed by atoms with van der Waals surface area (Å²) in [7, 11) is 0. The number of ether oxygens (including phenoxy) is 1. The highest BCUT2D eigenvalue weighted by atomic mass is 16.5. The van der Waals surface area contributed by atoms with E-state index >= 15 is 0 Å². The van der Waals surface area contributed by atoms with Crippen molar-refractivity contribution in [3.05, 3.63) is 42.0 Å². The van der Waals surface area contributed by atoms with E-state index in [1.807, 2.05) is 24.3 Å². The zero-order valence-electron chi connectivity index (χ0n) is 18.5. The highest BCUT2D eigenvalue weighted by Gasteiger charge is 2.60. The van der Waals surface area contributed by atoms with Crippen molar-refractivity contribution < 1.29 is 19.1 Å². The molecule has 4 atom stereocenters. The Morgan fingerprint density at radius 2 is 1.45 bits per heavy atom. The van der Waals surface area contributed by atoms with Gasteiger partial charge in [-0.2, -0.15) is 0 Å². The van der Waals surface area contributed by atoms with Crippen LogP contribution >= 0.6 is 0 Å². The van der Waals surface area contributed by atoms with Gasteiger partial charge in [-0.1, -0.05) is 45.1 Å². The molecule has 0 N–H and O–H groups in total. The lowest BCUT2D eigenvalue weighted by Crippen LogP contribution is -2.44. The molecule has 0 aromatic heterocycles. The molecule has 3 fully saturated rings. The van der Waals surface area contributed by atoms with Gasteiger partial charge in [0.1, 0.15) is 5.75 Å². The van der Waals surface area contributed by atoms with E-state index in [4.69, 9.17) is 4.74 Å². The molecule has 1 aromatic rings. The van der Waals surface area contributed by atoms with Gasteiger partial charge >= 0.3 is 5.97 Å². The summed E-state index contributed by atoms with van der Waals surface area (Å²) in [6.07, 6.45) is 7.88. The molecule has 2 bridgehead atoms. The first-order valence-corrected chi connectivity index (χ1v) is 11.6. The van der Waals surface area contributed by atoms with Crippen molar-refractivity contribution in [2.45, 2.75) is 64.3 Å². The predicted molar refractivity (Wildman–Crippen MR) is 116 cm³/mol. The normalized spacial score (nSPS) is 34.4. The van der Waals surface area contributed by atoms with Crippen LogP contribution < -0.4 is 4.74 Å². The smallest absolute Gasteiger partial charge is 0.314 e. The van der Waals surface area contributed by atoms with Crippen molar-refractivity contribution in [3.63, 3.8) is 0 Å². The number of nitrogens with zero attached hydrogens (tertiary/aromatic N) is 1. The second-order valence-corrected chi connectivity index (χ2v) is 10.7. The number of esters is 1. The van der Waals surface area contributed by atoms with E-state index in [0.717, 1.165) is 6.42 Å². The van der Waals surface area contributed by atoms with Crippen LogP contribution in [0.4, 0.5) is 0 Å². The average Bonchev–Trinajstić information content (AvgIpc) is 3.42. The molecule has 3 aliphatic carbocycles. The van der Waals surface area contributed by atoms with E-state index in [-0.39, 0.29) is 58.8 Å². The first kappa shape index (κ1) is 20.5. The Labute approximate surface area is 183 Å². The van der Waals surface area contributed by atoms with Crippen LogP contribution in [0.25, 0.3) is 0 Å². The minimum Gasteiger partial charge on any atom is -0.426 e. The third-order valence-electron chi connectivity index (χ3n) is 7.84. The number of hydrogen-bond donors (Lipinski definition) is 0. The van der Waals surface area contributed by atoms with Crippen molar-refractivity contribution in [2.24, 2.45) is 29.6 Å². The number of benzene rings is 1. The van der Waals surface area contributed by atoms with Crippen molar-refractivity contribution in [3.8, 4) is 5.75 Å². The summed E-state index contributed by atoms with van der Waals surface area (Å²) in [5, 5.41) is 0. The van der Waals surface area contributed by atoms with Crippen LogP contribution in [0.1, 0.15) is 58.4 Å². The number of carbonyl (C=O) groups is 3. The molecule has 5 rings (SSSR count). The van der Waals surface area contributed by atoms with Crippen LogP contribution in [0.2, 0.25) is 0 Å². The lowest BCUT2D eigenvalue weighted by Gasteiger charge is -2.33. The van der Waals surface area contributed by atoms with Gasteiger partial charge in [-0.25, -0.2) is 0 Å². The maximum absolute atomic E-state index is 13.0. The Balaban J connectivity index is 1.18. The molecule has 0 radical (unpaired) electrons. The number of allylic oxidation sites excluding steroid dienone is 2. The van der Waals surface area contributed by atoms with Crippen LogP contribution in [0, 0.1) is 29.6 Å². The number of fused-ring (bicyclic) bond motifs is 5. The Bertz CT molecular complexity index is 903. The maximum Gasteiger partial charge on any atom is 0.314 e. The molecular weight excluding hydrogens is 390 g/mol. The van der Waals surface area contributed by atoms with Crippen molar-refractivity contribution in [1.29, 1.82) is 0 Å². The van der Waals surface area contributed by atoms with Crippen LogP contribution in [0.5, 0.6) is 5.75 Å². The Kier molecular flexibility index (Phi) is 4.83. The molecule has 2 amide bonds. The molecule has 2 saturated carbocycles. The molecule has 1 aliphatic heterocycles. The number of likely N-dealkylation sites (tertiary alicyclic amines) is 1. The summed E-state index contributed by atoms with van der Waals surface area (Å²) in [4.78, 5) is 40.3. The number of carbonyl (C=O) groups excluding carboxylic acids is 3. The van der Waals surface area contributed by atoms with Gasteiger partial charge in [0.15, 0.2) is 0 Å². The largest absolute Gasteiger partial charge is 0.426 e. The summed E-state index contributed by atoms with van der Waals surface area (Å²) >= 11 is 0. The van der Waals surface area contributed by atoms with E-state index < -0.39 is 0 Å². The molecule has 5 heteroatoms. The van der Waals surface area contributed by atoms with Crippen molar-refractivity contribution in [2.75, 3.05) is 0 Å². The van der Waals surface area contributed by atoms with Crippen LogP contribution in [0.3, 0.4) is 0 Å². The molecule has 5 nitrogen and oxygen atoms in total. The molecule has 1 saturated heterocycles. The molecular formula is C26H31NO4. The third kappa shape index (κ3) is 3.42. The van der Waals surface area contributed by atoms with E-state index in [1.165, 1.54) is 5.56 Å². The van der Waals surface area contributed by atoms with Gasteiger partial charge in [-0.05, 0) is 67.1 Å².